The van der Waals surface area contributed by atoms with Crippen molar-refractivity contribution < 1.29 is 9.90 Å². The van der Waals surface area contributed by atoms with Crippen molar-refractivity contribution >= 4 is 6.03 Å². The van der Waals surface area contributed by atoms with Gasteiger partial charge in [0.15, 0.2) is 5.82 Å². The maximum atomic E-state index is 12.3. The predicted octanol–water partition coefficient (Wildman–Crippen LogP) is 1.77. The molecule has 1 aromatic carbocycles. The van der Waals surface area contributed by atoms with Crippen LogP contribution in [0, 0.1) is 0 Å². The molecule has 3 N–H and O–H groups in total. The fourth-order valence-electron chi connectivity index (χ4n) is 2.27. The number of hydrogen-bond acceptors (Lipinski definition) is 4. The molecule has 0 saturated heterocycles. The van der Waals surface area contributed by atoms with E-state index >= 15 is 0 Å². The van der Waals surface area contributed by atoms with Crippen molar-refractivity contribution in [1.29, 1.82) is 0 Å². The first-order chi connectivity index (χ1) is 11.0. The van der Waals surface area contributed by atoms with Crippen molar-refractivity contribution in [2.75, 3.05) is 6.54 Å². The van der Waals surface area contributed by atoms with Crippen molar-refractivity contribution in [2.24, 2.45) is 0 Å². The molecule has 0 radical (unpaired) electrons. The van der Waals surface area contributed by atoms with Gasteiger partial charge in [-0.3, -0.25) is 5.10 Å². The minimum Gasteiger partial charge on any atom is -0.392 e. The highest BCUT2D eigenvalue weighted by Crippen LogP contribution is 2.15. The molecule has 7 heteroatoms. The highest BCUT2D eigenvalue weighted by Gasteiger charge is 2.18. The quantitative estimate of drug-likeness (QED) is 0.757. The van der Waals surface area contributed by atoms with E-state index in [1.807, 2.05) is 38.1 Å². The molecule has 23 heavy (non-hydrogen) atoms. The van der Waals surface area contributed by atoms with Crippen LogP contribution in [0.3, 0.4) is 0 Å². The summed E-state index contributed by atoms with van der Waals surface area (Å²) in [6, 6.07) is 7.56. The van der Waals surface area contributed by atoms with Gasteiger partial charge in [0.05, 0.1) is 6.10 Å². The number of urea groups is 1. The summed E-state index contributed by atoms with van der Waals surface area (Å²) in [5.74, 6) is 0.691. The van der Waals surface area contributed by atoms with Crippen molar-refractivity contribution in [2.45, 2.75) is 39.5 Å². The van der Waals surface area contributed by atoms with Crippen LogP contribution in [0.15, 0.2) is 30.6 Å². The van der Waals surface area contributed by atoms with E-state index in [1.54, 1.807) is 11.8 Å². The van der Waals surface area contributed by atoms with Gasteiger partial charge in [-0.15, -0.1) is 0 Å². The molecule has 1 atom stereocenters. The molecular weight excluding hydrogens is 294 g/mol. The van der Waals surface area contributed by atoms with Crippen molar-refractivity contribution in [3.05, 3.63) is 36.2 Å². The van der Waals surface area contributed by atoms with E-state index in [9.17, 15) is 9.90 Å². The fraction of sp³-hybridized carbons (Fsp3) is 0.438. The van der Waals surface area contributed by atoms with E-state index in [0.717, 1.165) is 11.1 Å². The average Bonchev–Trinajstić information content (AvgIpc) is 3.04. The van der Waals surface area contributed by atoms with E-state index in [4.69, 9.17) is 0 Å². The van der Waals surface area contributed by atoms with Crippen LogP contribution in [0.1, 0.15) is 26.3 Å². The van der Waals surface area contributed by atoms with Gasteiger partial charge in [-0.05, 0) is 32.4 Å². The van der Waals surface area contributed by atoms with E-state index in [-0.39, 0.29) is 12.1 Å². The third-order valence-corrected chi connectivity index (χ3v) is 3.40. The molecule has 0 aliphatic rings. The molecule has 1 heterocycles. The third kappa shape index (κ3) is 4.79. The molecule has 7 nitrogen and oxygen atoms in total. The topological polar surface area (TPSA) is 94.1 Å². The van der Waals surface area contributed by atoms with Crippen LogP contribution in [-0.2, 0) is 6.54 Å². The number of nitrogens with zero attached hydrogens (tertiary/aromatic N) is 3. The van der Waals surface area contributed by atoms with E-state index in [2.05, 4.69) is 20.5 Å². The standard InChI is InChI=1S/C16H23N5O2/c1-11(2)21(9-12(3)22)16(23)17-8-13-5-4-6-14(7-13)15-18-10-19-20-15/h4-7,10-12,22H,8-9H2,1-3H3,(H,17,23)(H,18,19,20). The summed E-state index contributed by atoms with van der Waals surface area (Å²) in [6.07, 6.45) is 0.901. The van der Waals surface area contributed by atoms with Gasteiger partial charge in [0.1, 0.15) is 6.33 Å². The second-order valence-corrected chi connectivity index (χ2v) is 5.79. The molecule has 2 aromatic rings. The third-order valence-electron chi connectivity index (χ3n) is 3.40. The number of carbonyl (C=O) groups excluding carboxylic acids is 1. The molecular formula is C16H23N5O2. The SMILES string of the molecule is CC(O)CN(C(=O)NCc1cccc(-c2ncn[nH]2)c1)C(C)C. The molecule has 0 fully saturated rings. The number of rotatable bonds is 6. The summed E-state index contributed by atoms with van der Waals surface area (Å²) in [7, 11) is 0. The number of carbonyl (C=O) groups is 1. The Hall–Kier alpha value is -2.41. The summed E-state index contributed by atoms with van der Waals surface area (Å²) in [5.41, 5.74) is 1.88. The number of aliphatic hydroxyl groups is 1. The molecule has 0 aliphatic carbocycles. The highest BCUT2D eigenvalue weighted by atomic mass is 16.3. The second-order valence-electron chi connectivity index (χ2n) is 5.79. The van der Waals surface area contributed by atoms with Crippen LogP contribution in [0.4, 0.5) is 4.79 Å². The maximum absolute atomic E-state index is 12.3. The molecule has 0 aliphatic heterocycles. The largest absolute Gasteiger partial charge is 0.392 e. The maximum Gasteiger partial charge on any atom is 0.317 e. The molecule has 2 rings (SSSR count). The number of nitrogens with one attached hydrogen (secondary N) is 2. The summed E-state index contributed by atoms with van der Waals surface area (Å²) in [5, 5.41) is 19.0. The summed E-state index contributed by atoms with van der Waals surface area (Å²) >= 11 is 0. The number of aromatic amines is 1. The Morgan fingerprint density at radius 2 is 2.17 bits per heavy atom. The second kappa shape index (κ2) is 7.73. The Labute approximate surface area is 135 Å². The predicted molar refractivity (Wildman–Crippen MR) is 87.6 cm³/mol. The number of H-pyrrole nitrogens is 1. The first kappa shape index (κ1) is 17.0. The van der Waals surface area contributed by atoms with Gasteiger partial charge in [-0.25, -0.2) is 9.78 Å². The number of amides is 2. The van der Waals surface area contributed by atoms with Crippen molar-refractivity contribution in [3.8, 4) is 11.4 Å². The Balaban J connectivity index is 2.00. The first-order valence-electron chi connectivity index (χ1n) is 7.64. The Morgan fingerprint density at radius 1 is 1.39 bits per heavy atom. The van der Waals surface area contributed by atoms with Gasteiger partial charge in [0, 0.05) is 24.7 Å². The first-order valence-corrected chi connectivity index (χ1v) is 7.64. The normalized spacial score (nSPS) is 12.2. The lowest BCUT2D eigenvalue weighted by Gasteiger charge is -2.28. The molecule has 0 spiro atoms. The van der Waals surface area contributed by atoms with Crippen LogP contribution < -0.4 is 5.32 Å². The Kier molecular flexibility index (Phi) is 5.70. The zero-order valence-corrected chi connectivity index (χ0v) is 13.7. The Bertz CT molecular complexity index is 625. The number of hydrogen-bond donors (Lipinski definition) is 3. The molecule has 1 unspecified atom stereocenters. The minimum absolute atomic E-state index is 0.0186. The average molecular weight is 317 g/mol. The lowest BCUT2D eigenvalue weighted by atomic mass is 10.1. The van der Waals surface area contributed by atoms with Gasteiger partial charge < -0.3 is 15.3 Å². The van der Waals surface area contributed by atoms with E-state index in [0.29, 0.717) is 18.9 Å². The number of aliphatic hydroxyl groups excluding tert-OH is 1. The molecule has 124 valence electrons. The monoisotopic (exact) mass is 317 g/mol. The Morgan fingerprint density at radius 3 is 2.78 bits per heavy atom. The smallest absolute Gasteiger partial charge is 0.317 e. The fourth-order valence-corrected chi connectivity index (χ4v) is 2.27. The number of benzene rings is 1. The van der Waals surface area contributed by atoms with Crippen LogP contribution in [-0.4, -0.2) is 49.9 Å². The van der Waals surface area contributed by atoms with Crippen molar-refractivity contribution in [1.82, 2.24) is 25.4 Å². The van der Waals surface area contributed by atoms with E-state index in [1.165, 1.54) is 6.33 Å². The zero-order valence-electron chi connectivity index (χ0n) is 13.7. The molecule has 1 aromatic heterocycles. The molecule has 0 bridgehead atoms. The summed E-state index contributed by atoms with van der Waals surface area (Å²) in [6.45, 7) is 6.23. The van der Waals surface area contributed by atoms with Gasteiger partial charge in [0.25, 0.3) is 0 Å². The van der Waals surface area contributed by atoms with Crippen LogP contribution in [0.25, 0.3) is 11.4 Å². The van der Waals surface area contributed by atoms with Crippen LogP contribution in [0.2, 0.25) is 0 Å². The van der Waals surface area contributed by atoms with Crippen molar-refractivity contribution in [3.63, 3.8) is 0 Å². The zero-order chi connectivity index (χ0) is 16.8. The van der Waals surface area contributed by atoms with Gasteiger partial charge in [-0.1, -0.05) is 18.2 Å². The summed E-state index contributed by atoms with van der Waals surface area (Å²) in [4.78, 5) is 18.0. The summed E-state index contributed by atoms with van der Waals surface area (Å²) < 4.78 is 0. The lowest BCUT2D eigenvalue weighted by molar-refractivity contribution is 0.119. The molecule has 0 saturated carbocycles. The van der Waals surface area contributed by atoms with Crippen LogP contribution in [0.5, 0.6) is 0 Å². The molecule has 2 amide bonds. The lowest BCUT2D eigenvalue weighted by Crippen LogP contribution is -2.46. The highest BCUT2D eigenvalue weighted by molar-refractivity contribution is 5.74. The van der Waals surface area contributed by atoms with Gasteiger partial charge in [0.2, 0.25) is 0 Å². The minimum atomic E-state index is -0.557. The number of aromatic nitrogens is 3. The van der Waals surface area contributed by atoms with Gasteiger partial charge in [-0.2, -0.15) is 5.10 Å². The van der Waals surface area contributed by atoms with Crippen LogP contribution >= 0.6 is 0 Å². The van der Waals surface area contributed by atoms with Gasteiger partial charge >= 0.3 is 6.03 Å². The van der Waals surface area contributed by atoms with E-state index < -0.39 is 6.10 Å².